The first-order chi connectivity index (χ1) is 9.62. The number of carbonyl (C=O) groups is 2. The third kappa shape index (κ3) is 3.87. The zero-order chi connectivity index (χ0) is 16.4. The molecule has 1 fully saturated rings. The van der Waals surface area contributed by atoms with Crippen LogP contribution in [0.3, 0.4) is 0 Å². The monoisotopic (exact) mass is 308 g/mol. The zero-order valence-electron chi connectivity index (χ0n) is 11.3. The van der Waals surface area contributed by atoms with Crippen molar-refractivity contribution in [1.29, 1.82) is 0 Å². The Hall–Kier alpha value is -1.30. The van der Waals surface area contributed by atoms with Gasteiger partial charge in [0.1, 0.15) is 12.2 Å². The van der Waals surface area contributed by atoms with Crippen molar-refractivity contribution < 1.29 is 39.9 Å². The molecule has 0 bridgehead atoms. The molecule has 10 heteroatoms. The summed E-state index contributed by atoms with van der Waals surface area (Å²) < 4.78 is 4.92. The van der Waals surface area contributed by atoms with Crippen LogP contribution in [0, 0.1) is 0 Å². The number of carboxylic acid groups (broad SMARTS) is 1. The van der Waals surface area contributed by atoms with Crippen molar-refractivity contribution in [3.8, 4) is 0 Å². The van der Waals surface area contributed by atoms with Crippen LogP contribution >= 0.6 is 0 Å². The van der Waals surface area contributed by atoms with Gasteiger partial charge < -0.3 is 41.3 Å². The number of amides is 1. The molecule has 1 saturated heterocycles. The van der Waals surface area contributed by atoms with Crippen LogP contribution in [-0.4, -0.2) is 80.2 Å². The second kappa shape index (κ2) is 6.64. The van der Waals surface area contributed by atoms with Crippen LogP contribution in [-0.2, 0) is 14.3 Å². The number of aliphatic hydroxyl groups is 4. The largest absolute Gasteiger partial charge is 0.477 e. The minimum absolute atomic E-state index is 0.366. The summed E-state index contributed by atoms with van der Waals surface area (Å²) in [6, 6.07) is -1.21. The van der Waals surface area contributed by atoms with Gasteiger partial charge in [-0.15, -0.1) is 0 Å². The Balaban J connectivity index is 3.07. The molecule has 1 rings (SSSR count). The molecule has 122 valence electrons. The van der Waals surface area contributed by atoms with Crippen LogP contribution in [0.15, 0.2) is 0 Å². The Morgan fingerprint density at radius 3 is 2.48 bits per heavy atom. The molecule has 1 amide bonds. The van der Waals surface area contributed by atoms with Gasteiger partial charge in [-0.1, -0.05) is 0 Å². The number of nitrogens with two attached hydrogens (primary N) is 1. The fraction of sp³-hybridized carbons (Fsp3) is 0.818. The summed E-state index contributed by atoms with van der Waals surface area (Å²) in [5.41, 5.74) is 5.19. The molecule has 3 unspecified atom stereocenters. The molecule has 1 aliphatic heterocycles. The van der Waals surface area contributed by atoms with Crippen molar-refractivity contribution in [2.75, 3.05) is 6.54 Å². The van der Waals surface area contributed by atoms with Crippen LogP contribution < -0.4 is 11.1 Å². The van der Waals surface area contributed by atoms with Gasteiger partial charge in [0.2, 0.25) is 5.91 Å². The lowest BCUT2D eigenvalue weighted by molar-refractivity contribution is -0.294. The summed E-state index contributed by atoms with van der Waals surface area (Å²) in [5, 5.41) is 50.5. The first-order valence-electron chi connectivity index (χ1n) is 6.27. The summed E-state index contributed by atoms with van der Waals surface area (Å²) in [6.45, 7) is 0.781. The van der Waals surface area contributed by atoms with Crippen molar-refractivity contribution in [3.05, 3.63) is 0 Å². The second-order valence-corrected chi connectivity index (χ2v) is 4.96. The maximum atomic E-state index is 11.1. The highest BCUT2D eigenvalue weighted by atomic mass is 16.7. The molecule has 10 nitrogen and oxygen atoms in total. The third-order valence-corrected chi connectivity index (χ3v) is 3.26. The molecule has 0 aliphatic carbocycles. The highest BCUT2D eigenvalue weighted by Crippen LogP contribution is 2.30. The van der Waals surface area contributed by atoms with Gasteiger partial charge in [0.05, 0.1) is 18.2 Å². The average Bonchev–Trinajstić information content (AvgIpc) is 2.39. The molecule has 0 radical (unpaired) electrons. The van der Waals surface area contributed by atoms with Gasteiger partial charge in [0.25, 0.3) is 5.79 Å². The summed E-state index contributed by atoms with van der Waals surface area (Å²) >= 11 is 0. The molecule has 8 N–H and O–H groups in total. The molecule has 0 aromatic heterocycles. The number of carbonyl (C=O) groups excluding carboxylic acids is 1. The summed E-state index contributed by atoms with van der Waals surface area (Å²) in [5.74, 6) is -5.07. The topological polar surface area (TPSA) is 183 Å². The Labute approximate surface area is 120 Å². The van der Waals surface area contributed by atoms with Gasteiger partial charge in [-0.25, -0.2) is 4.79 Å². The predicted molar refractivity (Wildman–Crippen MR) is 66.8 cm³/mol. The van der Waals surface area contributed by atoms with E-state index in [1.165, 1.54) is 0 Å². The van der Waals surface area contributed by atoms with E-state index in [1.54, 1.807) is 0 Å². The number of aliphatic hydroxyl groups excluding tert-OH is 3. The Morgan fingerprint density at radius 1 is 1.48 bits per heavy atom. The van der Waals surface area contributed by atoms with E-state index in [9.17, 15) is 30.0 Å². The molecule has 0 spiro atoms. The zero-order valence-corrected chi connectivity index (χ0v) is 11.3. The van der Waals surface area contributed by atoms with Gasteiger partial charge >= 0.3 is 5.97 Å². The number of aliphatic carboxylic acids is 1. The fourth-order valence-electron chi connectivity index (χ4n) is 2.17. The van der Waals surface area contributed by atoms with Crippen molar-refractivity contribution in [1.82, 2.24) is 5.32 Å². The standard InChI is InChI=1S/C11H20N2O8/c1-4(14)13-7-5(15)2-11(20,10(18)19)21-9(7)8(17)6(16)3-12/h5-9,15-17,20H,2-3,12H2,1H3,(H,13,14)(H,18,19)/t5-,6?,7-,8?,9?,11-/m1/s1. The van der Waals surface area contributed by atoms with Crippen molar-refractivity contribution in [2.24, 2.45) is 5.73 Å². The minimum Gasteiger partial charge on any atom is -0.477 e. The van der Waals surface area contributed by atoms with Crippen molar-refractivity contribution >= 4 is 11.9 Å². The SMILES string of the molecule is CC(=O)N[C@H]1C(C(O)C(O)CN)O[C@@](O)(C(=O)O)C[C@H]1O. The lowest BCUT2D eigenvalue weighted by Crippen LogP contribution is -2.67. The van der Waals surface area contributed by atoms with Crippen LogP contribution in [0.25, 0.3) is 0 Å². The normalized spacial score (nSPS) is 35.8. The van der Waals surface area contributed by atoms with E-state index in [2.05, 4.69) is 5.32 Å². The molecular weight excluding hydrogens is 288 g/mol. The van der Waals surface area contributed by atoms with Crippen LogP contribution in [0.2, 0.25) is 0 Å². The quantitative estimate of drug-likeness (QED) is 0.267. The first kappa shape index (κ1) is 17.8. The average molecular weight is 308 g/mol. The van der Waals surface area contributed by atoms with E-state index in [4.69, 9.17) is 15.6 Å². The Morgan fingerprint density at radius 2 is 2.05 bits per heavy atom. The third-order valence-electron chi connectivity index (χ3n) is 3.26. The molecule has 0 saturated carbocycles. The van der Waals surface area contributed by atoms with Crippen molar-refractivity contribution in [2.45, 2.75) is 49.6 Å². The number of nitrogens with one attached hydrogen (secondary N) is 1. The van der Waals surface area contributed by atoms with E-state index >= 15 is 0 Å². The second-order valence-electron chi connectivity index (χ2n) is 4.96. The van der Waals surface area contributed by atoms with Gasteiger partial charge in [0, 0.05) is 19.9 Å². The van der Waals surface area contributed by atoms with E-state index < -0.39 is 54.5 Å². The number of ether oxygens (including phenoxy) is 1. The lowest BCUT2D eigenvalue weighted by atomic mass is 9.88. The van der Waals surface area contributed by atoms with Crippen LogP contribution in [0.4, 0.5) is 0 Å². The summed E-state index contributed by atoms with van der Waals surface area (Å²) in [4.78, 5) is 22.2. The van der Waals surface area contributed by atoms with Gasteiger partial charge in [-0.2, -0.15) is 0 Å². The highest BCUT2D eigenvalue weighted by Gasteiger charge is 2.53. The smallest absolute Gasteiger partial charge is 0.364 e. The summed E-state index contributed by atoms with van der Waals surface area (Å²) in [6.07, 6.45) is -6.98. The lowest BCUT2D eigenvalue weighted by Gasteiger charge is -2.44. The molecule has 0 aromatic rings. The first-order valence-corrected chi connectivity index (χ1v) is 6.27. The van der Waals surface area contributed by atoms with Gasteiger partial charge in [-0.3, -0.25) is 4.79 Å². The molecule has 6 atom stereocenters. The number of rotatable bonds is 5. The van der Waals surface area contributed by atoms with Crippen LogP contribution in [0.1, 0.15) is 13.3 Å². The molecule has 0 aromatic carbocycles. The van der Waals surface area contributed by atoms with E-state index in [-0.39, 0.29) is 6.54 Å². The van der Waals surface area contributed by atoms with E-state index in [0.717, 1.165) is 6.92 Å². The maximum absolute atomic E-state index is 11.1. The van der Waals surface area contributed by atoms with Gasteiger partial charge in [-0.05, 0) is 0 Å². The van der Waals surface area contributed by atoms with E-state index in [0.29, 0.717) is 0 Å². The molecule has 1 aliphatic rings. The Kier molecular flexibility index (Phi) is 5.61. The number of hydrogen-bond acceptors (Lipinski definition) is 8. The summed E-state index contributed by atoms with van der Waals surface area (Å²) in [7, 11) is 0. The Bertz CT molecular complexity index is 406. The number of hydrogen-bond donors (Lipinski definition) is 7. The van der Waals surface area contributed by atoms with Gasteiger partial charge in [0.15, 0.2) is 0 Å². The van der Waals surface area contributed by atoms with E-state index in [1.807, 2.05) is 0 Å². The maximum Gasteiger partial charge on any atom is 0.364 e. The minimum atomic E-state index is -2.74. The van der Waals surface area contributed by atoms with Crippen molar-refractivity contribution in [3.63, 3.8) is 0 Å². The predicted octanol–water partition coefficient (Wildman–Crippen LogP) is -3.91. The van der Waals surface area contributed by atoms with Crippen LogP contribution in [0.5, 0.6) is 0 Å². The highest BCUT2D eigenvalue weighted by molar-refractivity contribution is 5.76. The fourth-order valence-corrected chi connectivity index (χ4v) is 2.17. The molecule has 21 heavy (non-hydrogen) atoms. The molecular formula is C11H20N2O8. The number of carboxylic acids is 1. The molecule has 1 heterocycles.